The summed E-state index contributed by atoms with van der Waals surface area (Å²) < 4.78 is 61.1. The summed E-state index contributed by atoms with van der Waals surface area (Å²) in [5.74, 6) is 0. The maximum Gasteiger partial charge on any atom is 0.264 e. The second-order valence-electron chi connectivity index (χ2n) is 9.55. The summed E-state index contributed by atoms with van der Waals surface area (Å²) >= 11 is 0. The van der Waals surface area contributed by atoms with E-state index in [2.05, 4.69) is 6.58 Å². The van der Waals surface area contributed by atoms with Crippen LogP contribution in [0.25, 0.3) is 0 Å². The normalized spacial score (nSPS) is 23.6. The first-order valence-corrected chi connectivity index (χ1v) is 14.8. The monoisotopic (exact) mass is 568 g/mol. The molecule has 0 radical (unpaired) electrons. The highest BCUT2D eigenvalue weighted by atomic mass is 32.2. The summed E-state index contributed by atoms with van der Waals surface area (Å²) in [7, 11) is -2.51. The largest absolute Gasteiger partial charge is 0.374 e. The lowest BCUT2D eigenvalue weighted by Crippen LogP contribution is -2.55. The number of rotatable bonds is 15. The molecule has 0 spiro atoms. The molecule has 0 aromatic heterocycles. The quantitative estimate of drug-likeness (QED) is 0.193. The molecule has 0 unspecified atom stereocenters. The third-order valence-electron chi connectivity index (χ3n) is 6.62. The average molecular weight is 569 g/mol. The Morgan fingerprint density at radius 2 is 1.40 bits per heavy atom. The Balaban J connectivity index is 1.66. The van der Waals surface area contributed by atoms with E-state index in [1.807, 2.05) is 91.0 Å². The van der Waals surface area contributed by atoms with Crippen molar-refractivity contribution in [3.63, 3.8) is 0 Å². The lowest BCUT2D eigenvalue weighted by Gasteiger charge is -2.38. The van der Waals surface area contributed by atoms with Gasteiger partial charge in [0.1, 0.15) is 17.8 Å². The molecule has 9 heteroatoms. The molecule has 1 heterocycles. The third-order valence-corrected chi connectivity index (χ3v) is 7.17. The summed E-state index contributed by atoms with van der Waals surface area (Å²) in [6.07, 6.45) is -1.36. The summed E-state index contributed by atoms with van der Waals surface area (Å²) in [4.78, 5) is 0. The zero-order valence-corrected chi connectivity index (χ0v) is 23.6. The van der Waals surface area contributed by atoms with Crippen molar-refractivity contribution in [1.29, 1.82) is 0 Å². The Labute approximate surface area is 236 Å². The fourth-order valence-electron chi connectivity index (χ4n) is 4.67. The van der Waals surface area contributed by atoms with Crippen molar-refractivity contribution in [3.8, 4) is 0 Å². The van der Waals surface area contributed by atoms with Gasteiger partial charge in [-0.3, -0.25) is 4.18 Å². The number of hydrogen-bond acceptors (Lipinski definition) is 8. The maximum atomic E-state index is 12.4. The molecule has 5 atom stereocenters. The van der Waals surface area contributed by atoms with Crippen molar-refractivity contribution < 1.29 is 36.3 Å². The molecule has 3 aromatic rings. The fourth-order valence-corrected chi connectivity index (χ4v) is 5.29. The minimum Gasteiger partial charge on any atom is -0.374 e. The molecular formula is C31H36O8S. The molecule has 0 saturated carbocycles. The Bertz CT molecular complexity index is 1290. The van der Waals surface area contributed by atoms with Crippen molar-refractivity contribution in [2.45, 2.75) is 50.0 Å². The molecule has 0 aliphatic carbocycles. The molecular weight excluding hydrogens is 532 g/mol. The highest BCUT2D eigenvalue weighted by Gasteiger charge is 2.61. The van der Waals surface area contributed by atoms with Crippen molar-refractivity contribution in [2.24, 2.45) is 0 Å². The predicted molar refractivity (Wildman–Crippen MR) is 151 cm³/mol. The van der Waals surface area contributed by atoms with E-state index in [1.54, 1.807) is 0 Å². The van der Waals surface area contributed by atoms with Crippen LogP contribution in [0, 0.1) is 0 Å². The van der Waals surface area contributed by atoms with E-state index in [-0.39, 0.29) is 19.8 Å². The van der Waals surface area contributed by atoms with Crippen molar-refractivity contribution in [2.75, 3.05) is 20.0 Å². The summed E-state index contributed by atoms with van der Waals surface area (Å²) in [6.45, 7) is 4.90. The van der Waals surface area contributed by atoms with Crippen LogP contribution in [0.2, 0.25) is 0 Å². The molecule has 4 rings (SSSR count). The molecule has 1 aliphatic heterocycles. The van der Waals surface area contributed by atoms with E-state index in [9.17, 15) is 8.42 Å². The van der Waals surface area contributed by atoms with Gasteiger partial charge in [-0.1, -0.05) is 97.1 Å². The van der Waals surface area contributed by atoms with Crippen LogP contribution in [-0.2, 0) is 57.8 Å². The summed E-state index contributed by atoms with van der Waals surface area (Å²) in [5, 5.41) is 0. The zero-order valence-electron chi connectivity index (χ0n) is 22.8. The highest BCUT2D eigenvalue weighted by Crippen LogP contribution is 2.42. The molecule has 40 heavy (non-hydrogen) atoms. The van der Waals surface area contributed by atoms with Crippen LogP contribution in [0.15, 0.2) is 104 Å². The van der Waals surface area contributed by atoms with E-state index < -0.39 is 40.3 Å². The molecule has 8 nitrogen and oxygen atoms in total. The number of ether oxygens (including phenoxy) is 5. The molecule has 214 valence electrons. The standard InChI is InChI=1S/C31H36O8S/c1-4-31(37-22-26-18-12-7-13-19-26)28(38-30(34-2)29(31)39-40(3,32)33)27(36-21-25-16-10-6-11-17-25)23-35-20-24-14-8-5-9-15-24/h4-19,27-30H,1,20-23H2,2-3H3/t27-,28-,29+,30+,31-/m1/s1. The number of benzene rings is 3. The van der Waals surface area contributed by atoms with E-state index in [1.165, 1.54) is 13.2 Å². The Morgan fingerprint density at radius 3 is 1.90 bits per heavy atom. The van der Waals surface area contributed by atoms with Gasteiger partial charge in [0, 0.05) is 7.11 Å². The van der Waals surface area contributed by atoms with Crippen LogP contribution < -0.4 is 0 Å². The van der Waals surface area contributed by atoms with Crippen LogP contribution in [0.4, 0.5) is 0 Å². The molecule has 3 aromatic carbocycles. The van der Waals surface area contributed by atoms with Crippen molar-refractivity contribution in [1.82, 2.24) is 0 Å². The van der Waals surface area contributed by atoms with E-state index >= 15 is 0 Å². The molecule has 0 bridgehead atoms. The van der Waals surface area contributed by atoms with Gasteiger partial charge in [-0.25, -0.2) is 0 Å². The van der Waals surface area contributed by atoms with Gasteiger partial charge >= 0.3 is 0 Å². The maximum absolute atomic E-state index is 12.4. The van der Waals surface area contributed by atoms with Crippen LogP contribution >= 0.6 is 0 Å². The topological polar surface area (TPSA) is 89.5 Å². The summed E-state index contributed by atoms with van der Waals surface area (Å²) in [6, 6.07) is 29.0. The number of hydrogen-bond donors (Lipinski definition) is 0. The second kappa shape index (κ2) is 14.1. The fraction of sp³-hybridized carbons (Fsp3) is 0.355. The first kappa shape index (κ1) is 30.1. The highest BCUT2D eigenvalue weighted by molar-refractivity contribution is 7.86. The third kappa shape index (κ3) is 7.86. The lowest BCUT2D eigenvalue weighted by molar-refractivity contribution is -0.186. The van der Waals surface area contributed by atoms with Crippen LogP contribution in [0.1, 0.15) is 16.7 Å². The van der Waals surface area contributed by atoms with Gasteiger partial charge in [0.15, 0.2) is 12.4 Å². The molecule has 1 fully saturated rings. The van der Waals surface area contributed by atoms with Crippen molar-refractivity contribution in [3.05, 3.63) is 120 Å². The lowest BCUT2D eigenvalue weighted by atomic mass is 9.88. The van der Waals surface area contributed by atoms with Gasteiger partial charge in [0.2, 0.25) is 0 Å². The van der Waals surface area contributed by atoms with E-state index in [4.69, 9.17) is 27.9 Å². The minimum absolute atomic E-state index is 0.124. The van der Waals surface area contributed by atoms with Gasteiger partial charge in [-0.2, -0.15) is 8.42 Å². The first-order valence-electron chi connectivity index (χ1n) is 13.0. The van der Waals surface area contributed by atoms with Gasteiger partial charge in [0.25, 0.3) is 10.1 Å². The predicted octanol–water partition coefficient (Wildman–Crippen LogP) is 4.65. The molecule has 0 N–H and O–H groups in total. The van der Waals surface area contributed by atoms with Crippen LogP contribution in [0.5, 0.6) is 0 Å². The summed E-state index contributed by atoms with van der Waals surface area (Å²) in [5.41, 5.74) is 1.37. The van der Waals surface area contributed by atoms with Gasteiger partial charge < -0.3 is 23.7 Å². The average Bonchev–Trinajstić information content (AvgIpc) is 3.27. The van der Waals surface area contributed by atoms with Gasteiger partial charge in [-0.15, -0.1) is 6.58 Å². The van der Waals surface area contributed by atoms with Crippen LogP contribution in [0.3, 0.4) is 0 Å². The molecule has 1 aliphatic rings. The zero-order chi connectivity index (χ0) is 28.4. The Kier molecular flexibility index (Phi) is 10.6. The molecule has 1 saturated heterocycles. The number of methoxy groups -OCH3 is 1. The first-order chi connectivity index (χ1) is 19.3. The SMILES string of the molecule is C=C[C@@]1(OCc2ccccc2)[C@@H]([C@@H](COCc2ccccc2)OCc2ccccc2)O[C@H](OC)[C@@H]1OS(C)(=O)=O. The Morgan fingerprint density at radius 1 is 0.875 bits per heavy atom. The molecule has 0 amide bonds. The van der Waals surface area contributed by atoms with Gasteiger partial charge in [-0.05, 0) is 16.7 Å². The van der Waals surface area contributed by atoms with Crippen molar-refractivity contribution >= 4 is 10.1 Å². The second-order valence-corrected chi connectivity index (χ2v) is 11.2. The van der Waals surface area contributed by atoms with Gasteiger partial charge in [0.05, 0.1) is 32.7 Å². The van der Waals surface area contributed by atoms with E-state index in [0.717, 1.165) is 22.9 Å². The smallest absolute Gasteiger partial charge is 0.264 e. The minimum atomic E-state index is -3.93. The van der Waals surface area contributed by atoms with E-state index in [0.29, 0.717) is 6.61 Å². The Hall–Kier alpha value is -2.89. The van der Waals surface area contributed by atoms with Crippen LogP contribution in [-0.4, -0.2) is 58.6 Å².